The summed E-state index contributed by atoms with van der Waals surface area (Å²) in [6.07, 6.45) is 0. The summed E-state index contributed by atoms with van der Waals surface area (Å²) in [5.74, 6) is 0.821. The van der Waals surface area contributed by atoms with E-state index in [1.165, 1.54) is 0 Å². The zero-order valence-electron chi connectivity index (χ0n) is 12.3. The summed E-state index contributed by atoms with van der Waals surface area (Å²) in [5.41, 5.74) is 0.385. The normalized spacial score (nSPS) is 20.0. The van der Waals surface area contributed by atoms with Crippen LogP contribution in [0.4, 0.5) is 17.5 Å². The van der Waals surface area contributed by atoms with Crippen molar-refractivity contribution in [1.29, 1.82) is 0 Å². The van der Waals surface area contributed by atoms with Crippen molar-refractivity contribution in [3.05, 3.63) is 15.8 Å². The lowest BCUT2D eigenvalue weighted by Crippen LogP contribution is -2.51. The van der Waals surface area contributed by atoms with Gasteiger partial charge in [-0.25, -0.2) is 4.98 Å². The molecule has 1 saturated heterocycles. The quantitative estimate of drug-likeness (QED) is 0.649. The predicted octanol–water partition coefficient (Wildman–Crippen LogP) is 0.875. The van der Waals surface area contributed by atoms with E-state index in [1.54, 1.807) is 14.0 Å². The van der Waals surface area contributed by atoms with E-state index < -0.39 is 4.92 Å². The first kappa shape index (κ1) is 14.4. The van der Waals surface area contributed by atoms with E-state index in [-0.39, 0.29) is 11.7 Å². The van der Waals surface area contributed by atoms with Crippen LogP contribution in [-0.4, -0.2) is 59.6 Å². The molecule has 1 fully saturated rings. The van der Waals surface area contributed by atoms with Gasteiger partial charge in [0.25, 0.3) is 0 Å². The summed E-state index contributed by atoms with van der Waals surface area (Å²) in [5, 5.41) is 14.2. The number of piperazine rings is 1. The summed E-state index contributed by atoms with van der Waals surface area (Å²) >= 11 is 0. The molecule has 1 aliphatic heterocycles. The molecular weight excluding hydrogens is 260 g/mol. The third-order valence-corrected chi connectivity index (χ3v) is 3.55. The van der Waals surface area contributed by atoms with E-state index in [1.807, 2.05) is 11.9 Å². The molecule has 0 aliphatic carbocycles. The van der Waals surface area contributed by atoms with Gasteiger partial charge in [-0.05, 0) is 20.9 Å². The fourth-order valence-electron chi connectivity index (χ4n) is 2.53. The minimum absolute atomic E-state index is 0.000373. The molecule has 0 spiro atoms. The van der Waals surface area contributed by atoms with Crippen LogP contribution in [0.1, 0.15) is 12.6 Å². The Labute approximate surface area is 118 Å². The Balaban J connectivity index is 2.48. The molecule has 1 aromatic heterocycles. The number of rotatable bonds is 3. The molecule has 1 atom stereocenters. The fourth-order valence-corrected chi connectivity index (χ4v) is 2.53. The van der Waals surface area contributed by atoms with Crippen LogP contribution in [0, 0.1) is 17.0 Å². The zero-order chi connectivity index (χ0) is 14.9. The molecule has 8 nitrogen and oxygen atoms in total. The highest BCUT2D eigenvalue weighted by atomic mass is 16.6. The largest absolute Gasteiger partial charge is 0.357 e. The molecule has 1 unspecified atom stereocenters. The average Bonchev–Trinajstić information content (AvgIpc) is 2.37. The molecule has 1 aliphatic rings. The molecule has 8 heteroatoms. The van der Waals surface area contributed by atoms with Crippen LogP contribution < -0.4 is 10.2 Å². The van der Waals surface area contributed by atoms with Crippen molar-refractivity contribution in [1.82, 2.24) is 14.9 Å². The predicted molar refractivity (Wildman–Crippen MR) is 77.3 cm³/mol. The van der Waals surface area contributed by atoms with Crippen LogP contribution in [0.5, 0.6) is 0 Å². The Morgan fingerprint density at radius 3 is 2.65 bits per heavy atom. The van der Waals surface area contributed by atoms with Crippen molar-refractivity contribution in [3.63, 3.8) is 0 Å². The van der Waals surface area contributed by atoms with Gasteiger partial charge in [-0.15, -0.1) is 0 Å². The number of anilines is 2. The van der Waals surface area contributed by atoms with Gasteiger partial charge in [0.05, 0.1) is 4.92 Å². The first-order chi connectivity index (χ1) is 9.43. The lowest BCUT2D eigenvalue weighted by atomic mass is 10.2. The molecule has 1 aromatic rings. The molecule has 0 aromatic carbocycles. The Hall–Kier alpha value is -1.96. The van der Waals surface area contributed by atoms with Crippen molar-refractivity contribution in [2.45, 2.75) is 19.9 Å². The fraction of sp³-hybridized carbons (Fsp3) is 0.667. The van der Waals surface area contributed by atoms with Gasteiger partial charge in [-0.1, -0.05) is 0 Å². The van der Waals surface area contributed by atoms with E-state index in [4.69, 9.17) is 0 Å². The maximum Gasteiger partial charge on any atom is 0.332 e. The summed E-state index contributed by atoms with van der Waals surface area (Å²) in [7, 11) is 3.75. The second-order valence-electron chi connectivity index (χ2n) is 5.12. The van der Waals surface area contributed by atoms with Gasteiger partial charge in [0.1, 0.15) is 5.69 Å². The van der Waals surface area contributed by atoms with Gasteiger partial charge in [-0.3, -0.25) is 10.1 Å². The van der Waals surface area contributed by atoms with Crippen molar-refractivity contribution < 1.29 is 4.92 Å². The molecule has 0 radical (unpaired) electrons. The van der Waals surface area contributed by atoms with Gasteiger partial charge in [-0.2, -0.15) is 4.98 Å². The topological polar surface area (TPSA) is 87.4 Å². The highest BCUT2D eigenvalue weighted by Gasteiger charge is 2.31. The van der Waals surface area contributed by atoms with Crippen molar-refractivity contribution in [3.8, 4) is 0 Å². The van der Waals surface area contributed by atoms with Gasteiger partial charge in [0.15, 0.2) is 0 Å². The highest BCUT2D eigenvalue weighted by Crippen LogP contribution is 2.31. The average molecular weight is 280 g/mol. The van der Waals surface area contributed by atoms with Crippen LogP contribution in [0.25, 0.3) is 0 Å². The maximum atomic E-state index is 11.3. The number of likely N-dealkylation sites (N-methyl/N-ethyl adjacent to an activating group) is 1. The van der Waals surface area contributed by atoms with Gasteiger partial charge >= 0.3 is 5.69 Å². The minimum atomic E-state index is -0.394. The second kappa shape index (κ2) is 5.58. The molecule has 2 rings (SSSR count). The molecule has 110 valence electrons. The van der Waals surface area contributed by atoms with Crippen LogP contribution in [0.3, 0.4) is 0 Å². The Morgan fingerprint density at radius 1 is 1.40 bits per heavy atom. The van der Waals surface area contributed by atoms with Crippen molar-refractivity contribution in [2.75, 3.05) is 43.9 Å². The molecule has 0 bridgehead atoms. The second-order valence-corrected chi connectivity index (χ2v) is 5.12. The Kier molecular flexibility index (Phi) is 4.03. The number of nitrogens with zero attached hydrogens (tertiary/aromatic N) is 5. The number of nitro groups is 1. The highest BCUT2D eigenvalue weighted by molar-refractivity contribution is 5.63. The summed E-state index contributed by atoms with van der Waals surface area (Å²) in [6, 6.07) is 0.173. The van der Waals surface area contributed by atoms with E-state index in [2.05, 4.69) is 27.1 Å². The first-order valence-corrected chi connectivity index (χ1v) is 6.60. The lowest BCUT2D eigenvalue weighted by Gasteiger charge is -2.38. The lowest BCUT2D eigenvalue weighted by molar-refractivity contribution is -0.385. The van der Waals surface area contributed by atoms with Crippen LogP contribution >= 0.6 is 0 Å². The van der Waals surface area contributed by atoms with E-state index >= 15 is 0 Å². The molecule has 0 saturated carbocycles. The molecule has 0 amide bonds. The molecule has 2 heterocycles. The number of aromatic nitrogens is 2. The molecule has 20 heavy (non-hydrogen) atoms. The zero-order valence-corrected chi connectivity index (χ0v) is 12.3. The number of nitrogens with one attached hydrogen (secondary N) is 1. The van der Waals surface area contributed by atoms with E-state index in [0.29, 0.717) is 17.5 Å². The van der Waals surface area contributed by atoms with Crippen molar-refractivity contribution >= 4 is 17.5 Å². The Morgan fingerprint density at radius 2 is 2.10 bits per heavy atom. The number of hydrogen-bond acceptors (Lipinski definition) is 7. The SMILES string of the molecule is CNc1nc(C)c([N+](=O)[O-])c(N2CCN(C)CC2C)n1. The van der Waals surface area contributed by atoms with E-state index in [0.717, 1.165) is 19.6 Å². The first-order valence-electron chi connectivity index (χ1n) is 6.60. The van der Waals surface area contributed by atoms with Crippen LogP contribution in [0.15, 0.2) is 0 Å². The number of hydrogen-bond donors (Lipinski definition) is 1. The smallest absolute Gasteiger partial charge is 0.332 e. The monoisotopic (exact) mass is 280 g/mol. The van der Waals surface area contributed by atoms with Crippen LogP contribution in [-0.2, 0) is 0 Å². The molecular formula is C12H20N6O2. The van der Waals surface area contributed by atoms with Gasteiger partial charge < -0.3 is 15.1 Å². The summed E-state index contributed by atoms with van der Waals surface area (Å²) in [6.45, 7) is 6.13. The maximum absolute atomic E-state index is 11.3. The minimum Gasteiger partial charge on any atom is -0.357 e. The van der Waals surface area contributed by atoms with Gasteiger partial charge in [0, 0.05) is 32.7 Å². The Bertz CT molecular complexity index is 521. The van der Waals surface area contributed by atoms with Gasteiger partial charge in [0.2, 0.25) is 11.8 Å². The van der Waals surface area contributed by atoms with E-state index in [9.17, 15) is 10.1 Å². The summed E-state index contributed by atoms with van der Waals surface area (Å²) in [4.78, 5) is 23.6. The third-order valence-electron chi connectivity index (χ3n) is 3.55. The van der Waals surface area contributed by atoms with Crippen LogP contribution in [0.2, 0.25) is 0 Å². The number of aryl methyl sites for hydroxylation is 1. The summed E-state index contributed by atoms with van der Waals surface area (Å²) < 4.78 is 0. The molecule has 1 N–H and O–H groups in total. The third kappa shape index (κ3) is 2.64. The standard InChI is InChI=1S/C12H20N6O2/c1-8-7-16(4)5-6-17(8)11-10(18(19)20)9(2)14-12(13-3)15-11/h8H,5-7H2,1-4H3,(H,13,14,15). The van der Waals surface area contributed by atoms with Crippen molar-refractivity contribution in [2.24, 2.45) is 0 Å².